The van der Waals surface area contributed by atoms with Crippen LogP contribution in [0.1, 0.15) is 42.1 Å². The van der Waals surface area contributed by atoms with Gasteiger partial charge in [-0.3, -0.25) is 9.59 Å². The maximum Gasteiger partial charge on any atom is 0.228 e. The van der Waals surface area contributed by atoms with Gasteiger partial charge in [-0.15, -0.1) is 0 Å². The third-order valence-corrected chi connectivity index (χ3v) is 7.16. The van der Waals surface area contributed by atoms with E-state index in [1.54, 1.807) is 6.33 Å². The maximum atomic E-state index is 13.6. The fourth-order valence-electron chi connectivity index (χ4n) is 4.93. The first-order valence-electron chi connectivity index (χ1n) is 12.6. The molecule has 6 nitrogen and oxygen atoms in total. The number of amides is 2. The lowest BCUT2D eigenvalue weighted by molar-refractivity contribution is -0.140. The van der Waals surface area contributed by atoms with Gasteiger partial charge < -0.3 is 14.8 Å². The fourth-order valence-corrected chi connectivity index (χ4v) is 4.93. The Bertz CT molecular complexity index is 1110. The first kappa shape index (κ1) is 24.7. The predicted molar refractivity (Wildman–Crippen MR) is 138 cm³/mol. The second kappa shape index (κ2) is 11.3. The average Bonchev–Trinajstić information content (AvgIpc) is 3.29. The van der Waals surface area contributed by atoms with Gasteiger partial charge in [0.15, 0.2) is 0 Å². The summed E-state index contributed by atoms with van der Waals surface area (Å²) in [6.07, 6.45) is 7.74. The Balaban J connectivity index is 1.39. The van der Waals surface area contributed by atoms with Gasteiger partial charge in [-0.2, -0.15) is 0 Å². The smallest absolute Gasteiger partial charge is 0.228 e. The zero-order chi connectivity index (χ0) is 24.7. The molecule has 2 heterocycles. The summed E-state index contributed by atoms with van der Waals surface area (Å²) in [4.78, 5) is 32.6. The quantitative estimate of drug-likeness (QED) is 0.516. The second-order valence-corrected chi connectivity index (χ2v) is 9.71. The lowest BCUT2D eigenvalue weighted by Gasteiger charge is -2.41. The molecule has 1 saturated heterocycles. The summed E-state index contributed by atoms with van der Waals surface area (Å²) in [6.45, 7) is 3.94. The molecule has 0 radical (unpaired) electrons. The van der Waals surface area contributed by atoms with Crippen LogP contribution in [0.2, 0.25) is 0 Å². The van der Waals surface area contributed by atoms with Crippen LogP contribution in [0.3, 0.4) is 0 Å². The van der Waals surface area contributed by atoms with Crippen molar-refractivity contribution >= 4 is 11.8 Å². The minimum atomic E-state index is -0.505. The molecule has 2 aromatic carbocycles. The molecule has 0 atom stereocenters. The van der Waals surface area contributed by atoms with Crippen LogP contribution in [0.25, 0.3) is 0 Å². The van der Waals surface area contributed by atoms with E-state index in [1.807, 2.05) is 40.9 Å². The van der Waals surface area contributed by atoms with E-state index in [1.165, 1.54) is 11.1 Å². The summed E-state index contributed by atoms with van der Waals surface area (Å²) in [5, 5.41) is 3.22. The molecule has 0 unspecified atom stereocenters. The van der Waals surface area contributed by atoms with Crippen LogP contribution in [0.4, 0.5) is 0 Å². The van der Waals surface area contributed by atoms with E-state index in [2.05, 4.69) is 53.6 Å². The third-order valence-electron chi connectivity index (χ3n) is 7.16. The number of rotatable bonds is 9. The molecule has 1 aromatic heterocycles. The van der Waals surface area contributed by atoms with Crippen LogP contribution in [-0.2, 0) is 42.3 Å². The number of carbonyl (C=O) groups excluding carboxylic acids is 2. The molecule has 1 fully saturated rings. The largest absolute Gasteiger partial charge is 0.355 e. The molecule has 1 aliphatic heterocycles. The van der Waals surface area contributed by atoms with Crippen molar-refractivity contribution in [1.29, 1.82) is 0 Å². The molecule has 4 rings (SSSR count). The molecule has 6 heteroatoms. The highest BCUT2D eigenvalue weighted by Gasteiger charge is 2.42. The molecular weight excluding hydrogens is 436 g/mol. The van der Waals surface area contributed by atoms with E-state index < -0.39 is 5.41 Å². The Morgan fingerprint density at radius 2 is 1.66 bits per heavy atom. The van der Waals surface area contributed by atoms with Crippen molar-refractivity contribution in [3.05, 3.63) is 89.5 Å². The minimum Gasteiger partial charge on any atom is -0.355 e. The van der Waals surface area contributed by atoms with Crippen LogP contribution < -0.4 is 5.32 Å². The van der Waals surface area contributed by atoms with Crippen molar-refractivity contribution in [3.63, 3.8) is 0 Å². The molecule has 1 aliphatic rings. The Kier molecular flexibility index (Phi) is 8.01. The summed E-state index contributed by atoms with van der Waals surface area (Å²) in [5.74, 6) is 0.177. The third kappa shape index (κ3) is 6.38. The van der Waals surface area contributed by atoms with Crippen LogP contribution in [-0.4, -0.2) is 45.9 Å². The van der Waals surface area contributed by atoms with Crippen LogP contribution in [0, 0.1) is 5.41 Å². The van der Waals surface area contributed by atoms with Gasteiger partial charge in [-0.1, -0.05) is 61.5 Å². The number of imidazole rings is 1. The number of nitrogens with one attached hydrogen (secondary N) is 1. The molecule has 0 bridgehead atoms. The lowest BCUT2D eigenvalue weighted by Crippen LogP contribution is -2.51. The maximum absolute atomic E-state index is 13.6. The number of benzene rings is 2. The molecule has 3 aromatic rings. The zero-order valence-electron chi connectivity index (χ0n) is 20.9. The van der Waals surface area contributed by atoms with Gasteiger partial charge in [0.05, 0.1) is 23.9 Å². The summed E-state index contributed by atoms with van der Waals surface area (Å²) in [5.41, 5.74) is 3.99. The second-order valence-electron chi connectivity index (χ2n) is 9.71. The highest BCUT2D eigenvalue weighted by atomic mass is 16.2. The van der Waals surface area contributed by atoms with Gasteiger partial charge in [-0.25, -0.2) is 4.98 Å². The number of aromatic nitrogens is 2. The Labute approximate surface area is 208 Å². The van der Waals surface area contributed by atoms with E-state index in [0.717, 1.165) is 24.1 Å². The monoisotopic (exact) mass is 472 g/mol. The van der Waals surface area contributed by atoms with Crippen molar-refractivity contribution < 1.29 is 9.59 Å². The number of nitrogens with zero attached hydrogens (tertiary/aromatic N) is 3. The van der Waals surface area contributed by atoms with Crippen molar-refractivity contribution in [2.24, 2.45) is 12.5 Å². The van der Waals surface area contributed by atoms with E-state index in [0.29, 0.717) is 45.3 Å². The fraction of sp³-hybridized carbons (Fsp3) is 0.414. The van der Waals surface area contributed by atoms with Gasteiger partial charge in [0.25, 0.3) is 0 Å². The van der Waals surface area contributed by atoms with Crippen LogP contribution in [0.5, 0.6) is 0 Å². The number of likely N-dealkylation sites (tertiary alicyclic amines) is 1. The van der Waals surface area contributed by atoms with Crippen LogP contribution in [0.15, 0.2) is 67.1 Å². The van der Waals surface area contributed by atoms with Crippen molar-refractivity contribution in [2.75, 3.05) is 19.6 Å². The van der Waals surface area contributed by atoms with Crippen molar-refractivity contribution in [1.82, 2.24) is 19.8 Å². The van der Waals surface area contributed by atoms with Crippen LogP contribution >= 0.6 is 0 Å². The topological polar surface area (TPSA) is 67.2 Å². The normalized spacial score (nSPS) is 15.1. The SMILES string of the molecule is CCc1ccc(CCNC(=O)C2(Cc3ccccc3)CCN(C(=O)Cc3cn(C)cn3)CC2)cc1. The Morgan fingerprint density at radius 1 is 0.971 bits per heavy atom. The highest BCUT2D eigenvalue weighted by Crippen LogP contribution is 2.36. The van der Waals surface area contributed by atoms with E-state index in [-0.39, 0.29) is 11.8 Å². The van der Waals surface area contributed by atoms with E-state index in [9.17, 15) is 9.59 Å². The standard InChI is InChI=1S/C29H36N4O2/c1-3-23-9-11-24(12-10-23)13-16-30-28(35)29(20-25-7-5-4-6-8-25)14-17-33(18-15-29)27(34)19-26-21-32(2)22-31-26/h4-12,21-22H,3,13-20H2,1-2H3,(H,30,35). The van der Waals surface area contributed by atoms with Crippen molar-refractivity contribution in [3.8, 4) is 0 Å². The summed E-state index contributed by atoms with van der Waals surface area (Å²) >= 11 is 0. The summed E-state index contributed by atoms with van der Waals surface area (Å²) in [6, 6.07) is 18.8. The number of carbonyl (C=O) groups is 2. The molecule has 35 heavy (non-hydrogen) atoms. The number of aryl methyl sites for hydroxylation is 2. The molecular formula is C29H36N4O2. The summed E-state index contributed by atoms with van der Waals surface area (Å²) < 4.78 is 1.85. The molecule has 0 saturated carbocycles. The Morgan fingerprint density at radius 3 is 2.29 bits per heavy atom. The highest BCUT2D eigenvalue weighted by molar-refractivity contribution is 5.84. The number of hydrogen-bond acceptors (Lipinski definition) is 3. The molecule has 2 amide bonds. The zero-order valence-corrected chi connectivity index (χ0v) is 20.9. The molecule has 1 N–H and O–H groups in total. The molecule has 184 valence electrons. The first-order valence-corrected chi connectivity index (χ1v) is 12.6. The molecule has 0 aliphatic carbocycles. The Hall–Kier alpha value is -3.41. The van der Waals surface area contributed by atoms with E-state index in [4.69, 9.17) is 0 Å². The summed E-state index contributed by atoms with van der Waals surface area (Å²) in [7, 11) is 1.90. The van der Waals surface area contributed by atoms with Gasteiger partial charge in [-0.05, 0) is 48.8 Å². The van der Waals surface area contributed by atoms with Gasteiger partial charge in [0.2, 0.25) is 11.8 Å². The van der Waals surface area contributed by atoms with Gasteiger partial charge >= 0.3 is 0 Å². The number of hydrogen-bond donors (Lipinski definition) is 1. The van der Waals surface area contributed by atoms with Crippen molar-refractivity contribution in [2.45, 2.75) is 45.4 Å². The average molecular weight is 473 g/mol. The van der Waals surface area contributed by atoms with Gasteiger partial charge in [0, 0.05) is 32.9 Å². The molecule has 0 spiro atoms. The minimum absolute atomic E-state index is 0.0768. The lowest BCUT2D eigenvalue weighted by atomic mass is 9.73. The van der Waals surface area contributed by atoms with Gasteiger partial charge in [0.1, 0.15) is 0 Å². The van der Waals surface area contributed by atoms with E-state index >= 15 is 0 Å². The predicted octanol–water partition coefficient (Wildman–Crippen LogP) is 3.74. The number of piperidine rings is 1. The first-order chi connectivity index (χ1) is 17.0.